The van der Waals surface area contributed by atoms with Crippen molar-refractivity contribution in [2.75, 3.05) is 25.4 Å². The molecule has 1 aliphatic rings. The summed E-state index contributed by atoms with van der Waals surface area (Å²) < 4.78 is 7.74. The Bertz CT molecular complexity index is 770. The molecule has 3 rings (SSSR count). The number of aromatic nitrogens is 2. The highest BCUT2D eigenvalue weighted by Crippen LogP contribution is 2.25. The molecule has 25 heavy (non-hydrogen) atoms. The number of rotatable bonds is 4. The van der Waals surface area contributed by atoms with Crippen LogP contribution in [0, 0.1) is 13.8 Å². The van der Waals surface area contributed by atoms with Crippen molar-refractivity contribution >= 4 is 17.7 Å². The summed E-state index contributed by atoms with van der Waals surface area (Å²) in [5, 5.41) is 0.842. The molecule has 2 aromatic rings. The van der Waals surface area contributed by atoms with Gasteiger partial charge in [-0.2, -0.15) is 0 Å². The van der Waals surface area contributed by atoms with E-state index in [1.54, 1.807) is 6.20 Å². The van der Waals surface area contributed by atoms with Crippen molar-refractivity contribution in [1.29, 1.82) is 0 Å². The normalized spacial score (nSPS) is 16.9. The minimum Gasteiger partial charge on any atom is -0.372 e. The van der Waals surface area contributed by atoms with E-state index < -0.39 is 0 Å². The van der Waals surface area contributed by atoms with Crippen LogP contribution in [0.3, 0.4) is 0 Å². The number of carbonyl (C=O) groups is 1. The Morgan fingerprint density at radius 3 is 2.92 bits per heavy atom. The van der Waals surface area contributed by atoms with Gasteiger partial charge in [0.25, 0.3) is 0 Å². The molecular formula is C19H25N3O2S. The van der Waals surface area contributed by atoms with Gasteiger partial charge >= 0.3 is 0 Å². The summed E-state index contributed by atoms with van der Waals surface area (Å²) in [5.74, 6) is 0.523. The van der Waals surface area contributed by atoms with Crippen molar-refractivity contribution in [2.24, 2.45) is 0 Å². The molecular weight excluding hydrogens is 334 g/mol. The maximum atomic E-state index is 12.6. The Morgan fingerprint density at radius 2 is 2.16 bits per heavy atom. The number of benzene rings is 1. The highest BCUT2D eigenvalue weighted by Gasteiger charge is 2.29. The quantitative estimate of drug-likeness (QED) is 0.787. The first-order valence-corrected chi connectivity index (χ1v) is 9.50. The van der Waals surface area contributed by atoms with Crippen LogP contribution < -0.4 is 0 Å². The molecule has 0 aliphatic carbocycles. The van der Waals surface area contributed by atoms with Gasteiger partial charge in [0.2, 0.25) is 5.91 Å². The van der Waals surface area contributed by atoms with Crippen LogP contribution in [0.25, 0.3) is 5.69 Å². The predicted octanol–water partition coefficient (Wildman–Crippen LogP) is 3.22. The van der Waals surface area contributed by atoms with Crippen molar-refractivity contribution < 1.29 is 9.53 Å². The fourth-order valence-corrected chi connectivity index (χ4v) is 3.89. The summed E-state index contributed by atoms with van der Waals surface area (Å²) >= 11 is 1.48. The Labute approximate surface area is 153 Å². The van der Waals surface area contributed by atoms with Crippen LogP contribution in [0.4, 0.5) is 0 Å². The summed E-state index contributed by atoms with van der Waals surface area (Å²) in [6, 6.07) is 6.24. The van der Waals surface area contributed by atoms with Gasteiger partial charge in [-0.15, -0.1) is 0 Å². The number of amides is 1. The number of aryl methyl sites for hydroxylation is 1. The molecule has 1 aromatic heterocycles. The lowest BCUT2D eigenvalue weighted by Gasteiger charge is -2.38. The van der Waals surface area contributed by atoms with E-state index in [1.807, 2.05) is 31.0 Å². The van der Waals surface area contributed by atoms with Gasteiger partial charge in [-0.05, 0) is 44.9 Å². The van der Waals surface area contributed by atoms with E-state index >= 15 is 0 Å². The first kappa shape index (κ1) is 18.0. The van der Waals surface area contributed by atoms with Gasteiger partial charge in [-0.1, -0.05) is 23.9 Å². The van der Waals surface area contributed by atoms with E-state index in [2.05, 4.69) is 35.5 Å². The van der Waals surface area contributed by atoms with E-state index in [4.69, 9.17) is 4.74 Å². The zero-order chi connectivity index (χ0) is 18.0. The van der Waals surface area contributed by atoms with Gasteiger partial charge < -0.3 is 9.64 Å². The second-order valence-electron chi connectivity index (χ2n) is 7.01. The van der Waals surface area contributed by atoms with E-state index in [9.17, 15) is 4.79 Å². The summed E-state index contributed by atoms with van der Waals surface area (Å²) in [6.45, 7) is 10.2. The Morgan fingerprint density at radius 1 is 1.36 bits per heavy atom. The highest BCUT2D eigenvalue weighted by molar-refractivity contribution is 7.99. The van der Waals surface area contributed by atoms with E-state index in [0.29, 0.717) is 25.4 Å². The predicted molar refractivity (Wildman–Crippen MR) is 100 cm³/mol. The zero-order valence-electron chi connectivity index (χ0n) is 15.3. The summed E-state index contributed by atoms with van der Waals surface area (Å²) in [7, 11) is 0. The molecule has 1 aliphatic heterocycles. The van der Waals surface area contributed by atoms with Crippen LogP contribution in [-0.4, -0.2) is 51.4 Å². The van der Waals surface area contributed by atoms with Crippen molar-refractivity contribution in [1.82, 2.24) is 14.5 Å². The molecule has 0 bridgehead atoms. The van der Waals surface area contributed by atoms with Crippen LogP contribution in [0.1, 0.15) is 25.0 Å². The standard InChI is InChI=1S/C19H25N3O2S/c1-14-6-5-7-16(15(14)2)22-9-8-20-18(22)25-12-17(23)21-10-11-24-19(3,4)13-21/h5-9H,10-13H2,1-4H3. The third kappa shape index (κ3) is 4.07. The number of ether oxygens (including phenoxy) is 1. The number of thioether (sulfide) groups is 1. The number of imidazole rings is 1. The first-order chi connectivity index (χ1) is 11.9. The molecule has 2 heterocycles. The number of carbonyl (C=O) groups excluding carboxylic acids is 1. The van der Waals surface area contributed by atoms with Crippen LogP contribution in [0.5, 0.6) is 0 Å². The van der Waals surface area contributed by atoms with Gasteiger partial charge in [-0.3, -0.25) is 9.36 Å². The fourth-order valence-electron chi connectivity index (χ4n) is 3.02. The molecule has 0 unspecified atom stereocenters. The molecule has 0 N–H and O–H groups in total. The fraction of sp³-hybridized carbons (Fsp3) is 0.474. The van der Waals surface area contributed by atoms with Gasteiger partial charge in [-0.25, -0.2) is 4.98 Å². The molecule has 1 saturated heterocycles. The molecule has 1 fully saturated rings. The molecule has 1 amide bonds. The maximum absolute atomic E-state index is 12.6. The maximum Gasteiger partial charge on any atom is 0.233 e. The first-order valence-electron chi connectivity index (χ1n) is 8.52. The molecule has 0 atom stereocenters. The van der Waals surface area contributed by atoms with Gasteiger partial charge in [0.1, 0.15) is 0 Å². The Kier molecular flexibility index (Phi) is 5.20. The van der Waals surface area contributed by atoms with Crippen molar-refractivity contribution in [3.05, 3.63) is 41.7 Å². The largest absolute Gasteiger partial charge is 0.372 e. The number of morpholine rings is 1. The van der Waals surface area contributed by atoms with Gasteiger partial charge in [0.05, 0.1) is 23.6 Å². The number of hydrogen-bond donors (Lipinski definition) is 0. The van der Waals surface area contributed by atoms with Crippen molar-refractivity contribution in [2.45, 2.75) is 38.5 Å². The second-order valence-corrected chi connectivity index (χ2v) is 7.95. The van der Waals surface area contributed by atoms with Crippen molar-refractivity contribution in [3.8, 4) is 5.69 Å². The highest BCUT2D eigenvalue weighted by atomic mass is 32.2. The lowest BCUT2D eigenvalue weighted by molar-refractivity contribution is -0.143. The molecule has 0 spiro atoms. The average molecular weight is 359 g/mol. The average Bonchev–Trinajstić information content (AvgIpc) is 3.02. The Hall–Kier alpha value is -1.79. The second kappa shape index (κ2) is 7.22. The molecule has 0 radical (unpaired) electrons. The number of hydrogen-bond acceptors (Lipinski definition) is 4. The van der Waals surface area contributed by atoms with Crippen LogP contribution in [-0.2, 0) is 9.53 Å². The SMILES string of the molecule is Cc1cccc(-n2ccnc2SCC(=O)N2CCOC(C)(C)C2)c1C. The summed E-state index contributed by atoms with van der Waals surface area (Å²) in [6.07, 6.45) is 3.73. The third-order valence-electron chi connectivity index (χ3n) is 4.55. The summed E-state index contributed by atoms with van der Waals surface area (Å²) in [5.41, 5.74) is 3.31. The van der Waals surface area contributed by atoms with E-state index in [1.165, 1.54) is 22.9 Å². The zero-order valence-corrected chi connectivity index (χ0v) is 16.1. The smallest absolute Gasteiger partial charge is 0.233 e. The van der Waals surface area contributed by atoms with E-state index in [0.717, 1.165) is 10.8 Å². The molecule has 134 valence electrons. The molecule has 6 heteroatoms. The molecule has 0 saturated carbocycles. The minimum atomic E-state index is -0.268. The monoisotopic (exact) mass is 359 g/mol. The van der Waals surface area contributed by atoms with Crippen LogP contribution >= 0.6 is 11.8 Å². The van der Waals surface area contributed by atoms with Gasteiger partial charge in [0.15, 0.2) is 5.16 Å². The third-order valence-corrected chi connectivity index (χ3v) is 5.50. The molecule has 1 aromatic carbocycles. The Balaban J connectivity index is 1.70. The molecule has 5 nitrogen and oxygen atoms in total. The van der Waals surface area contributed by atoms with Crippen LogP contribution in [0.15, 0.2) is 35.7 Å². The van der Waals surface area contributed by atoms with Gasteiger partial charge in [0, 0.05) is 25.5 Å². The van der Waals surface area contributed by atoms with Crippen LogP contribution in [0.2, 0.25) is 0 Å². The van der Waals surface area contributed by atoms with E-state index in [-0.39, 0.29) is 11.5 Å². The topological polar surface area (TPSA) is 47.4 Å². The lowest BCUT2D eigenvalue weighted by atomic mass is 10.1. The van der Waals surface area contributed by atoms with Crippen molar-refractivity contribution in [3.63, 3.8) is 0 Å². The minimum absolute atomic E-state index is 0.136. The lowest BCUT2D eigenvalue weighted by Crippen LogP contribution is -2.51. The summed E-state index contributed by atoms with van der Waals surface area (Å²) in [4.78, 5) is 18.9. The number of nitrogens with zero attached hydrogens (tertiary/aromatic N) is 3.